The Labute approximate surface area is 172 Å². The molecule has 1 aliphatic heterocycles. The molecule has 2 N–H and O–H groups in total. The molecule has 152 valence electrons. The van der Waals surface area contributed by atoms with Crippen molar-refractivity contribution in [1.29, 1.82) is 0 Å². The molecule has 1 aromatic carbocycles. The van der Waals surface area contributed by atoms with Crippen molar-refractivity contribution >= 4 is 5.82 Å². The number of ether oxygens (including phenoxy) is 1. The molecule has 4 heterocycles. The van der Waals surface area contributed by atoms with Gasteiger partial charge in [0.15, 0.2) is 11.6 Å². The number of pyridine rings is 1. The third-order valence-corrected chi connectivity index (χ3v) is 5.44. The summed E-state index contributed by atoms with van der Waals surface area (Å²) in [5, 5.41) is 9.06. The van der Waals surface area contributed by atoms with Crippen molar-refractivity contribution in [2.24, 2.45) is 0 Å². The second-order valence-corrected chi connectivity index (χ2v) is 7.31. The molecule has 0 saturated carbocycles. The molecule has 3 aromatic heterocycles. The van der Waals surface area contributed by atoms with E-state index in [4.69, 9.17) is 10.5 Å². The molecule has 1 atom stereocenters. The van der Waals surface area contributed by atoms with Crippen LogP contribution in [0.4, 0.5) is 10.2 Å². The maximum atomic E-state index is 14.1. The van der Waals surface area contributed by atoms with Crippen LogP contribution in [0.2, 0.25) is 0 Å². The lowest BCUT2D eigenvalue weighted by Gasteiger charge is -2.21. The lowest BCUT2D eigenvalue weighted by Crippen LogP contribution is -2.12. The number of aromatic nitrogens is 5. The molecule has 1 aliphatic rings. The SMILES string of the molecule is CCn1ncc2c1-c1cnc(N)c(c1)OC(C)c1cc(F)ccc1-c1ccnn1C2. The molecule has 0 amide bonds. The Morgan fingerprint density at radius 1 is 1.20 bits per heavy atom. The smallest absolute Gasteiger partial charge is 0.166 e. The Morgan fingerprint density at radius 3 is 2.90 bits per heavy atom. The first kappa shape index (κ1) is 18.4. The number of nitrogens with two attached hydrogens (primary N) is 1. The summed E-state index contributed by atoms with van der Waals surface area (Å²) in [6.45, 7) is 5.14. The minimum absolute atomic E-state index is 0.287. The van der Waals surface area contributed by atoms with Crippen LogP contribution in [-0.4, -0.2) is 24.5 Å². The molecule has 30 heavy (non-hydrogen) atoms. The zero-order valence-electron chi connectivity index (χ0n) is 16.7. The lowest BCUT2D eigenvalue weighted by atomic mass is 9.99. The van der Waals surface area contributed by atoms with Gasteiger partial charge in [-0.25, -0.2) is 9.37 Å². The Morgan fingerprint density at radius 2 is 2.07 bits per heavy atom. The van der Waals surface area contributed by atoms with Crippen molar-refractivity contribution in [3.63, 3.8) is 0 Å². The van der Waals surface area contributed by atoms with E-state index in [9.17, 15) is 4.39 Å². The molecular formula is C22H21FN6O. The number of nitrogens with zero attached hydrogens (tertiary/aromatic N) is 5. The summed E-state index contributed by atoms with van der Waals surface area (Å²) in [5.41, 5.74) is 11.4. The molecule has 0 radical (unpaired) electrons. The summed E-state index contributed by atoms with van der Waals surface area (Å²) in [7, 11) is 0. The summed E-state index contributed by atoms with van der Waals surface area (Å²) in [6.07, 6.45) is 4.87. The molecule has 5 rings (SSSR count). The first-order chi connectivity index (χ1) is 14.5. The highest BCUT2D eigenvalue weighted by atomic mass is 19.1. The molecule has 1 unspecified atom stereocenters. The standard InChI is InChI=1S/C22H21FN6O/c1-3-28-21-14-8-20(22(24)25-10-14)30-13(2)18-9-16(23)4-5-17(18)19-6-7-26-29(19)12-15(21)11-27-28/h4-11,13H,3,12H2,1-2H3,(H2,24,25). The summed E-state index contributed by atoms with van der Waals surface area (Å²) in [5.74, 6) is 0.419. The summed E-state index contributed by atoms with van der Waals surface area (Å²) in [4.78, 5) is 4.34. The minimum atomic E-state index is -0.451. The quantitative estimate of drug-likeness (QED) is 0.517. The van der Waals surface area contributed by atoms with Gasteiger partial charge >= 0.3 is 0 Å². The van der Waals surface area contributed by atoms with Gasteiger partial charge in [0.05, 0.1) is 24.1 Å². The van der Waals surface area contributed by atoms with Crippen molar-refractivity contribution in [3.05, 3.63) is 65.9 Å². The highest BCUT2D eigenvalue weighted by Gasteiger charge is 2.22. The number of benzene rings is 1. The van der Waals surface area contributed by atoms with Gasteiger partial charge in [-0.05, 0) is 44.2 Å². The van der Waals surface area contributed by atoms with Crippen LogP contribution >= 0.6 is 0 Å². The van der Waals surface area contributed by atoms with Gasteiger partial charge in [-0.1, -0.05) is 0 Å². The van der Waals surface area contributed by atoms with E-state index < -0.39 is 6.10 Å². The molecule has 0 aliphatic carbocycles. The van der Waals surface area contributed by atoms with Gasteiger partial charge in [-0.2, -0.15) is 10.2 Å². The highest BCUT2D eigenvalue weighted by Crippen LogP contribution is 2.37. The van der Waals surface area contributed by atoms with Crippen molar-refractivity contribution in [2.45, 2.75) is 33.0 Å². The third kappa shape index (κ3) is 2.92. The van der Waals surface area contributed by atoms with Crippen LogP contribution in [0.3, 0.4) is 0 Å². The number of aryl methyl sites for hydroxylation is 1. The van der Waals surface area contributed by atoms with E-state index >= 15 is 0 Å². The van der Waals surface area contributed by atoms with Crippen molar-refractivity contribution < 1.29 is 9.13 Å². The predicted molar refractivity (Wildman–Crippen MR) is 111 cm³/mol. The van der Waals surface area contributed by atoms with Gasteiger partial charge in [-0.3, -0.25) is 9.36 Å². The zero-order valence-corrected chi connectivity index (χ0v) is 16.7. The Hall–Kier alpha value is -3.68. The first-order valence-corrected chi connectivity index (χ1v) is 9.84. The van der Waals surface area contributed by atoms with Crippen LogP contribution in [0.5, 0.6) is 5.75 Å². The third-order valence-electron chi connectivity index (χ3n) is 5.44. The van der Waals surface area contributed by atoms with Crippen molar-refractivity contribution in [3.8, 4) is 28.3 Å². The number of hydrogen-bond donors (Lipinski definition) is 1. The first-order valence-electron chi connectivity index (χ1n) is 9.84. The zero-order chi connectivity index (χ0) is 20.8. The van der Waals surface area contributed by atoms with Crippen LogP contribution in [0.25, 0.3) is 22.5 Å². The van der Waals surface area contributed by atoms with Crippen molar-refractivity contribution in [2.75, 3.05) is 5.73 Å². The highest BCUT2D eigenvalue weighted by molar-refractivity contribution is 5.69. The van der Waals surface area contributed by atoms with Gasteiger partial charge in [0.2, 0.25) is 0 Å². The largest absolute Gasteiger partial charge is 0.482 e. The molecule has 0 saturated heterocycles. The fraction of sp³-hybridized carbons (Fsp3) is 0.227. The van der Waals surface area contributed by atoms with Crippen LogP contribution in [0.1, 0.15) is 31.1 Å². The average Bonchev–Trinajstić information content (AvgIpc) is 3.36. The maximum Gasteiger partial charge on any atom is 0.166 e. The monoisotopic (exact) mass is 404 g/mol. The summed E-state index contributed by atoms with van der Waals surface area (Å²) in [6, 6.07) is 8.51. The normalized spacial score (nSPS) is 15.2. The van der Waals surface area contributed by atoms with E-state index in [0.29, 0.717) is 24.4 Å². The Bertz CT molecular complexity index is 1240. The molecular weight excluding hydrogens is 383 g/mol. The Kier molecular flexibility index (Phi) is 4.27. The van der Waals surface area contributed by atoms with Crippen LogP contribution in [-0.2, 0) is 13.1 Å². The van der Waals surface area contributed by atoms with E-state index in [2.05, 4.69) is 15.2 Å². The number of nitrogen functional groups attached to an aromatic ring is 1. The fourth-order valence-electron chi connectivity index (χ4n) is 4.00. The second kappa shape index (κ2) is 6.98. The van der Waals surface area contributed by atoms with Gasteiger partial charge in [0.1, 0.15) is 11.9 Å². The topological polar surface area (TPSA) is 83.8 Å². The lowest BCUT2D eigenvalue weighted by molar-refractivity contribution is 0.227. The van der Waals surface area contributed by atoms with E-state index in [1.54, 1.807) is 18.5 Å². The average molecular weight is 404 g/mol. The maximum absolute atomic E-state index is 14.1. The molecule has 4 aromatic rings. The van der Waals surface area contributed by atoms with Gasteiger partial charge in [0.25, 0.3) is 0 Å². The van der Waals surface area contributed by atoms with Crippen LogP contribution < -0.4 is 10.5 Å². The predicted octanol–water partition coefficient (Wildman–Crippen LogP) is 4.05. The number of anilines is 1. The number of hydrogen-bond acceptors (Lipinski definition) is 5. The molecule has 8 heteroatoms. The number of fused-ring (bicyclic) bond motifs is 7. The second-order valence-electron chi connectivity index (χ2n) is 7.31. The van der Waals surface area contributed by atoms with Gasteiger partial charge < -0.3 is 10.5 Å². The van der Waals surface area contributed by atoms with Crippen LogP contribution in [0.15, 0.2) is 48.9 Å². The number of halogens is 1. The summed E-state index contributed by atoms with van der Waals surface area (Å²) < 4.78 is 24.1. The molecule has 0 fully saturated rings. The van der Waals surface area contributed by atoms with Gasteiger partial charge in [-0.15, -0.1) is 0 Å². The van der Waals surface area contributed by atoms with E-state index in [-0.39, 0.29) is 11.6 Å². The minimum Gasteiger partial charge on any atom is -0.482 e. The number of rotatable bonds is 1. The Balaban J connectivity index is 1.79. The molecule has 7 nitrogen and oxygen atoms in total. The van der Waals surface area contributed by atoms with Gasteiger partial charge in [0, 0.05) is 41.2 Å². The van der Waals surface area contributed by atoms with Crippen molar-refractivity contribution in [1.82, 2.24) is 24.5 Å². The van der Waals surface area contributed by atoms with E-state index in [0.717, 1.165) is 28.1 Å². The summed E-state index contributed by atoms with van der Waals surface area (Å²) >= 11 is 0. The molecule has 0 spiro atoms. The van der Waals surface area contributed by atoms with E-state index in [1.165, 1.54) is 12.1 Å². The van der Waals surface area contributed by atoms with E-state index in [1.807, 2.05) is 41.5 Å². The molecule has 2 bridgehead atoms. The fourth-order valence-corrected chi connectivity index (χ4v) is 4.00. The van der Waals surface area contributed by atoms with Crippen LogP contribution in [0, 0.1) is 5.82 Å².